The van der Waals surface area contributed by atoms with Gasteiger partial charge in [-0.25, -0.2) is 0 Å². The van der Waals surface area contributed by atoms with E-state index in [-0.39, 0.29) is 31.0 Å². The Labute approximate surface area is 188 Å². The van der Waals surface area contributed by atoms with Gasteiger partial charge in [-0.1, -0.05) is 48.3 Å². The Morgan fingerprint density at radius 2 is 1.73 bits per heavy atom. The Kier molecular flexibility index (Phi) is 9.00. The summed E-state index contributed by atoms with van der Waals surface area (Å²) < 4.78 is 5.67. The van der Waals surface area contributed by atoms with E-state index in [1.807, 2.05) is 39.0 Å². The van der Waals surface area contributed by atoms with Crippen molar-refractivity contribution in [2.45, 2.75) is 52.7 Å². The number of nitrogens with zero attached hydrogens (tertiary/aromatic N) is 1. The Morgan fingerprint density at radius 3 is 2.33 bits per heavy atom. The molecule has 0 fully saturated rings. The molecule has 0 aromatic heterocycles. The molecule has 0 saturated carbocycles. The number of carbonyl (C=O) groups excluding carboxylic acids is 2. The van der Waals surface area contributed by atoms with E-state index < -0.39 is 6.04 Å². The van der Waals surface area contributed by atoms with Crippen molar-refractivity contribution < 1.29 is 14.3 Å². The molecule has 2 rings (SSSR count). The molecular weight excluding hydrogens is 423 g/mol. The van der Waals surface area contributed by atoms with Crippen molar-refractivity contribution in [1.29, 1.82) is 0 Å². The highest BCUT2D eigenvalue weighted by atomic mass is 35.5. The Bertz CT molecular complexity index is 868. The standard InChI is InChI=1S/C23H28Cl2N2O3/c1-5-16(3)26-23(29)17(4)27(13-19-20(24)10-7-11-21(19)25)22(28)14-30-18-9-6-8-15(2)12-18/h6-12,16-17H,5,13-14H2,1-4H3,(H,26,29)/t16-,17-/m0/s1. The van der Waals surface area contributed by atoms with E-state index in [0.29, 0.717) is 21.4 Å². The molecule has 1 N–H and O–H groups in total. The average Bonchev–Trinajstić information content (AvgIpc) is 2.71. The van der Waals surface area contributed by atoms with E-state index in [1.165, 1.54) is 4.90 Å². The van der Waals surface area contributed by atoms with Crippen LogP contribution in [-0.2, 0) is 16.1 Å². The fourth-order valence-electron chi connectivity index (χ4n) is 2.83. The molecule has 0 saturated heterocycles. The lowest BCUT2D eigenvalue weighted by Gasteiger charge is -2.30. The second kappa shape index (κ2) is 11.2. The summed E-state index contributed by atoms with van der Waals surface area (Å²) in [5.74, 6) is 0.0199. The molecule has 5 nitrogen and oxygen atoms in total. The lowest BCUT2D eigenvalue weighted by Crippen LogP contribution is -2.50. The largest absolute Gasteiger partial charge is 0.484 e. The van der Waals surface area contributed by atoms with Crippen molar-refractivity contribution in [3.05, 3.63) is 63.6 Å². The summed E-state index contributed by atoms with van der Waals surface area (Å²) in [5, 5.41) is 3.80. The molecule has 0 unspecified atom stereocenters. The maximum atomic E-state index is 13.1. The van der Waals surface area contributed by atoms with Gasteiger partial charge in [-0.3, -0.25) is 9.59 Å². The fourth-order valence-corrected chi connectivity index (χ4v) is 3.35. The Hall–Kier alpha value is -2.24. The number of ether oxygens (including phenoxy) is 1. The molecule has 0 heterocycles. The number of amides is 2. The van der Waals surface area contributed by atoms with Gasteiger partial charge in [-0.2, -0.15) is 0 Å². The van der Waals surface area contributed by atoms with Gasteiger partial charge in [0, 0.05) is 28.2 Å². The molecule has 0 aliphatic carbocycles. The van der Waals surface area contributed by atoms with Gasteiger partial charge in [0.25, 0.3) is 5.91 Å². The maximum Gasteiger partial charge on any atom is 0.261 e. The molecule has 2 aromatic carbocycles. The smallest absolute Gasteiger partial charge is 0.261 e. The number of aryl methyl sites for hydroxylation is 1. The number of carbonyl (C=O) groups is 2. The first-order valence-corrected chi connectivity index (χ1v) is 10.7. The van der Waals surface area contributed by atoms with Crippen LogP contribution in [-0.4, -0.2) is 35.4 Å². The third-order valence-electron chi connectivity index (χ3n) is 4.91. The van der Waals surface area contributed by atoms with Crippen LogP contribution in [0.4, 0.5) is 0 Å². The molecule has 0 aliphatic rings. The van der Waals surface area contributed by atoms with Crippen LogP contribution in [0.25, 0.3) is 0 Å². The molecule has 30 heavy (non-hydrogen) atoms. The van der Waals surface area contributed by atoms with E-state index in [1.54, 1.807) is 31.2 Å². The first-order valence-electron chi connectivity index (χ1n) is 9.95. The third kappa shape index (κ3) is 6.64. The molecule has 2 aromatic rings. The number of nitrogens with one attached hydrogen (secondary N) is 1. The number of hydrogen-bond donors (Lipinski definition) is 1. The highest BCUT2D eigenvalue weighted by molar-refractivity contribution is 6.36. The molecule has 7 heteroatoms. The Balaban J connectivity index is 2.22. The molecular formula is C23H28Cl2N2O3. The monoisotopic (exact) mass is 450 g/mol. The summed E-state index contributed by atoms with van der Waals surface area (Å²) in [4.78, 5) is 27.2. The summed E-state index contributed by atoms with van der Waals surface area (Å²) in [6, 6.07) is 11.9. The van der Waals surface area contributed by atoms with Crippen LogP contribution in [0.15, 0.2) is 42.5 Å². The van der Waals surface area contributed by atoms with Crippen molar-refractivity contribution in [2.24, 2.45) is 0 Å². The van der Waals surface area contributed by atoms with Crippen molar-refractivity contribution in [3.8, 4) is 5.75 Å². The second-order valence-corrected chi connectivity index (χ2v) is 8.14. The Morgan fingerprint density at radius 1 is 1.10 bits per heavy atom. The van der Waals surface area contributed by atoms with E-state index in [4.69, 9.17) is 27.9 Å². The predicted molar refractivity (Wildman–Crippen MR) is 121 cm³/mol. The van der Waals surface area contributed by atoms with Gasteiger partial charge in [0.2, 0.25) is 5.91 Å². The van der Waals surface area contributed by atoms with Gasteiger partial charge in [0.05, 0.1) is 0 Å². The van der Waals surface area contributed by atoms with Crippen LogP contribution in [0.3, 0.4) is 0 Å². The van der Waals surface area contributed by atoms with Crippen LogP contribution < -0.4 is 10.1 Å². The topological polar surface area (TPSA) is 58.6 Å². The van der Waals surface area contributed by atoms with Gasteiger partial charge >= 0.3 is 0 Å². The first-order chi connectivity index (χ1) is 14.2. The minimum Gasteiger partial charge on any atom is -0.484 e. The quantitative estimate of drug-likeness (QED) is 0.583. The normalized spacial score (nSPS) is 12.7. The van der Waals surface area contributed by atoms with Gasteiger partial charge < -0.3 is 15.0 Å². The predicted octanol–water partition coefficient (Wildman–Crippen LogP) is 5.01. The van der Waals surface area contributed by atoms with Gasteiger partial charge in [0.1, 0.15) is 11.8 Å². The SMILES string of the molecule is CC[C@H](C)NC(=O)[C@H](C)N(Cc1c(Cl)cccc1Cl)C(=O)COc1cccc(C)c1. The minimum absolute atomic E-state index is 0.00403. The van der Waals surface area contributed by atoms with Crippen molar-refractivity contribution in [1.82, 2.24) is 10.2 Å². The highest BCUT2D eigenvalue weighted by Gasteiger charge is 2.28. The van der Waals surface area contributed by atoms with Crippen molar-refractivity contribution >= 4 is 35.0 Å². The fraction of sp³-hybridized carbons (Fsp3) is 0.391. The van der Waals surface area contributed by atoms with E-state index in [2.05, 4.69) is 5.32 Å². The second-order valence-electron chi connectivity index (χ2n) is 7.32. The molecule has 0 aliphatic heterocycles. The molecule has 2 amide bonds. The van der Waals surface area contributed by atoms with Crippen LogP contribution >= 0.6 is 23.2 Å². The van der Waals surface area contributed by atoms with Crippen LogP contribution in [0.2, 0.25) is 10.0 Å². The number of benzene rings is 2. The van der Waals surface area contributed by atoms with E-state index in [9.17, 15) is 9.59 Å². The summed E-state index contributed by atoms with van der Waals surface area (Å²) in [6.45, 7) is 7.44. The zero-order valence-electron chi connectivity index (χ0n) is 17.7. The van der Waals surface area contributed by atoms with Crippen molar-refractivity contribution in [2.75, 3.05) is 6.61 Å². The van der Waals surface area contributed by atoms with Gasteiger partial charge in [-0.05, 0) is 57.0 Å². The molecule has 0 bridgehead atoms. The average molecular weight is 451 g/mol. The number of halogens is 2. The third-order valence-corrected chi connectivity index (χ3v) is 5.62. The lowest BCUT2D eigenvalue weighted by molar-refractivity contribution is -0.142. The van der Waals surface area contributed by atoms with Crippen molar-refractivity contribution in [3.63, 3.8) is 0 Å². The highest BCUT2D eigenvalue weighted by Crippen LogP contribution is 2.26. The van der Waals surface area contributed by atoms with E-state index >= 15 is 0 Å². The zero-order chi connectivity index (χ0) is 22.3. The van der Waals surface area contributed by atoms with Crippen LogP contribution in [0.5, 0.6) is 5.75 Å². The summed E-state index contributed by atoms with van der Waals surface area (Å²) >= 11 is 12.6. The number of rotatable bonds is 9. The number of hydrogen-bond acceptors (Lipinski definition) is 3. The summed E-state index contributed by atoms with van der Waals surface area (Å²) in [7, 11) is 0. The summed E-state index contributed by atoms with van der Waals surface area (Å²) in [5.41, 5.74) is 1.62. The maximum absolute atomic E-state index is 13.1. The van der Waals surface area contributed by atoms with Crippen LogP contribution in [0, 0.1) is 6.92 Å². The van der Waals surface area contributed by atoms with Crippen LogP contribution in [0.1, 0.15) is 38.3 Å². The lowest BCUT2D eigenvalue weighted by atomic mass is 10.1. The molecule has 2 atom stereocenters. The minimum atomic E-state index is -0.722. The molecule has 0 spiro atoms. The zero-order valence-corrected chi connectivity index (χ0v) is 19.3. The van der Waals surface area contributed by atoms with Gasteiger partial charge in [0.15, 0.2) is 6.61 Å². The molecule has 162 valence electrons. The molecule has 0 radical (unpaired) electrons. The first kappa shape index (κ1) is 24.0. The summed E-state index contributed by atoms with van der Waals surface area (Å²) in [6.07, 6.45) is 0.791. The van der Waals surface area contributed by atoms with E-state index in [0.717, 1.165) is 12.0 Å². The van der Waals surface area contributed by atoms with Gasteiger partial charge in [-0.15, -0.1) is 0 Å².